The molecule has 1 fully saturated rings. The summed E-state index contributed by atoms with van der Waals surface area (Å²) in [7, 11) is -4.04. The van der Waals surface area contributed by atoms with Gasteiger partial charge < -0.3 is 10.2 Å². The monoisotopic (exact) mass is 432 g/mol. The lowest BCUT2D eigenvalue weighted by Crippen LogP contribution is -2.49. The molecule has 8 nitrogen and oxygen atoms in total. The van der Waals surface area contributed by atoms with Gasteiger partial charge in [0.2, 0.25) is 10.0 Å². The highest BCUT2D eigenvalue weighted by Crippen LogP contribution is 2.23. The minimum absolute atomic E-state index is 0.148. The van der Waals surface area contributed by atoms with Crippen molar-refractivity contribution in [3.8, 4) is 0 Å². The van der Waals surface area contributed by atoms with Crippen LogP contribution in [0.2, 0.25) is 0 Å². The zero-order valence-electron chi connectivity index (χ0n) is 15.7. The number of nitrogens with zero attached hydrogens (tertiary/aromatic N) is 5. The maximum absolute atomic E-state index is 14.0. The van der Waals surface area contributed by atoms with Crippen LogP contribution in [-0.4, -0.2) is 54.1 Å². The minimum Gasteiger partial charge on any atom is -0.352 e. The topological polar surface area (TPSA) is 91.3 Å². The van der Waals surface area contributed by atoms with Crippen molar-refractivity contribution in [3.05, 3.63) is 66.4 Å². The Morgan fingerprint density at radius 2 is 1.70 bits per heavy atom. The highest BCUT2D eigenvalue weighted by Gasteiger charge is 2.31. The molecule has 0 spiro atoms. The number of anilines is 3. The van der Waals surface area contributed by atoms with E-state index in [0.717, 1.165) is 12.1 Å². The van der Waals surface area contributed by atoms with E-state index in [0.29, 0.717) is 36.6 Å². The Morgan fingerprint density at radius 1 is 0.900 bits per heavy atom. The van der Waals surface area contributed by atoms with Gasteiger partial charge in [-0.1, -0.05) is 6.07 Å². The minimum atomic E-state index is -4.04. The van der Waals surface area contributed by atoms with E-state index in [1.54, 1.807) is 24.4 Å². The summed E-state index contributed by atoms with van der Waals surface area (Å²) in [5.41, 5.74) is 0. The number of benzene rings is 1. The van der Waals surface area contributed by atoms with Crippen molar-refractivity contribution >= 4 is 27.5 Å². The third kappa shape index (κ3) is 4.21. The van der Waals surface area contributed by atoms with Crippen molar-refractivity contribution in [1.82, 2.24) is 19.5 Å². The molecule has 3 aromatic rings. The Kier molecular flexibility index (Phi) is 5.55. The van der Waals surface area contributed by atoms with Crippen LogP contribution in [0.25, 0.3) is 0 Å². The Labute approximate surface area is 172 Å². The quantitative estimate of drug-likeness (QED) is 0.662. The normalized spacial score (nSPS) is 15.2. The molecule has 0 unspecified atom stereocenters. The van der Waals surface area contributed by atoms with E-state index < -0.39 is 26.6 Å². The summed E-state index contributed by atoms with van der Waals surface area (Å²) < 4.78 is 53.6. The Bertz CT molecular complexity index is 1120. The Balaban J connectivity index is 1.40. The number of pyridine rings is 1. The summed E-state index contributed by atoms with van der Waals surface area (Å²) in [4.78, 5) is 5.52. The lowest BCUT2D eigenvalue weighted by Gasteiger charge is -2.34. The van der Waals surface area contributed by atoms with Crippen LogP contribution in [0.5, 0.6) is 0 Å². The maximum atomic E-state index is 14.0. The van der Waals surface area contributed by atoms with Crippen molar-refractivity contribution in [2.24, 2.45) is 0 Å². The van der Waals surface area contributed by atoms with Gasteiger partial charge in [-0.2, -0.15) is 4.31 Å². The van der Waals surface area contributed by atoms with E-state index >= 15 is 0 Å². The second kappa shape index (κ2) is 8.28. The Hall–Kier alpha value is -3.18. The number of halogens is 2. The van der Waals surface area contributed by atoms with E-state index in [2.05, 4.69) is 20.5 Å². The van der Waals surface area contributed by atoms with Gasteiger partial charge in [-0.05, 0) is 36.4 Å². The van der Waals surface area contributed by atoms with Crippen LogP contribution in [0.15, 0.2) is 59.6 Å². The first-order valence-electron chi connectivity index (χ1n) is 9.15. The van der Waals surface area contributed by atoms with Crippen molar-refractivity contribution < 1.29 is 17.2 Å². The van der Waals surface area contributed by atoms with Gasteiger partial charge in [0.25, 0.3) is 0 Å². The Morgan fingerprint density at radius 3 is 2.33 bits per heavy atom. The summed E-state index contributed by atoms with van der Waals surface area (Å²) in [6.45, 7) is 1.02. The largest absolute Gasteiger partial charge is 0.352 e. The lowest BCUT2D eigenvalue weighted by molar-refractivity contribution is 0.381. The van der Waals surface area contributed by atoms with E-state index in [4.69, 9.17) is 0 Å². The van der Waals surface area contributed by atoms with E-state index in [-0.39, 0.29) is 13.1 Å². The van der Waals surface area contributed by atoms with Crippen LogP contribution in [0.1, 0.15) is 0 Å². The van der Waals surface area contributed by atoms with Crippen molar-refractivity contribution in [1.29, 1.82) is 0 Å². The lowest BCUT2D eigenvalue weighted by atomic mass is 10.3. The van der Waals surface area contributed by atoms with Gasteiger partial charge in [0.1, 0.15) is 22.3 Å². The van der Waals surface area contributed by atoms with E-state index in [9.17, 15) is 17.2 Å². The molecule has 0 bridgehead atoms. The average Bonchev–Trinajstić information content (AvgIpc) is 2.75. The number of rotatable bonds is 5. The fourth-order valence-corrected chi connectivity index (χ4v) is 4.58. The van der Waals surface area contributed by atoms with Gasteiger partial charge in [0, 0.05) is 38.4 Å². The predicted octanol–water partition coefficient (Wildman–Crippen LogP) is 2.40. The molecule has 156 valence electrons. The van der Waals surface area contributed by atoms with E-state index in [1.165, 1.54) is 4.31 Å². The van der Waals surface area contributed by atoms with Crippen molar-refractivity contribution in [2.45, 2.75) is 4.90 Å². The molecule has 3 heterocycles. The molecule has 0 atom stereocenters. The zero-order valence-corrected chi connectivity index (χ0v) is 16.6. The van der Waals surface area contributed by atoms with Gasteiger partial charge in [-0.15, -0.1) is 10.2 Å². The number of aromatic nitrogens is 3. The number of nitrogens with one attached hydrogen (secondary N) is 1. The molecule has 1 saturated heterocycles. The fourth-order valence-electron chi connectivity index (χ4n) is 3.11. The molecule has 1 aromatic carbocycles. The second-order valence-electron chi connectivity index (χ2n) is 6.58. The van der Waals surface area contributed by atoms with Gasteiger partial charge >= 0.3 is 0 Å². The molecule has 1 aliphatic rings. The summed E-state index contributed by atoms with van der Waals surface area (Å²) in [5.74, 6) is -0.140. The van der Waals surface area contributed by atoms with Crippen molar-refractivity contribution in [3.63, 3.8) is 0 Å². The third-order valence-corrected chi connectivity index (χ3v) is 6.58. The van der Waals surface area contributed by atoms with Crippen LogP contribution >= 0.6 is 0 Å². The van der Waals surface area contributed by atoms with Crippen LogP contribution in [0.4, 0.5) is 26.2 Å². The number of hydrogen-bond acceptors (Lipinski definition) is 7. The molecule has 2 aromatic heterocycles. The molecule has 30 heavy (non-hydrogen) atoms. The molecular weight excluding hydrogens is 414 g/mol. The maximum Gasteiger partial charge on any atom is 0.246 e. The summed E-state index contributed by atoms with van der Waals surface area (Å²) >= 11 is 0. The second-order valence-corrected chi connectivity index (χ2v) is 8.49. The smallest absolute Gasteiger partial charge is 0.246 e. The van der Waals surface area contributed by atoms with E-state index in [1.807, 2.05) is 17.0 Å². The first-order chi connectivity index (χ1) is 14.4. The number of hydrogen-bond donors (Lipinski definition) is 1. The predicted molar refractivity (Wildman–Crippen MR) is 107 cm³/mol. The first kappa shape index (κ1) is 20.1. The van der Waals surface area contributed by atoms with Gasteiger partial charge in [-0.3, -0.25) is 0 Å². The molecule has 0 saturated carbocycles. The molecule has 0 amide bonds. The first-order valence-corrected chi connectivity index (χ1v) is 10.6. The summed E-state index contributed by atoms with van der Waals surface area (Å²) in [6, 6.07) is 11.5. The summed E-state index contributed by atoms with van der Waals surface area (Å²) in [5, 5.41) is 11.3. The highest BCUT2D eigenvalue weighted by molar-refractivity contribution is 7.89. The highest BCUT2D eigenvalue weighted by atomic mass is 32.2. The third-order valence-electron chi connectivity index (χ3n) is 4.65. The SMILES string of the molecule is O=S(=O)(c1ccc(F)cc1F)N1CCN(c2ccc(Nc3ccccn3)nn2)CC1. The summed E-state index contributed by atoms with van der Waals surface area (Å²) in [6.07, 6.45) is 1.66. The molecule has 1 aliphatic heterocycles. The zero-order chi connectivity index (χ0) is 21.1. The average molecular weight is 432 g/mol. The molecule has 1 N–H and O–H groups in total. The van der Waals surface area contributed by atoms with Crippen LogP contribution in [0, 0.1) is 11.6 Å². The van der Waals surface area contributed by atoms with Gasteiger partial charge in [0.05, 0.1) is 0 Å². The van der Waals surface area contributed by atoms with Gasteiger partial charge in [-0.25, -0.2) is 22.2 Å². The molecular formula is C19H18F2N6O2S. The molecule has 4 rings (SSSR count). The fraction of sp³-hybridized carbons (Fsp3) is 0.211. The van der Waals surface area contributed by atoms with Crippen molar-refractivity contribution in [2.75, 3.05) is 36.4 Å². The molecule has 0 radical (unpaired) electrons. The number of sulfonamides is 1. The standard InChI is InChI=1S/C19H18F2N6O2S/c20-14-4-5-16(15(21)13-14)30(28,29)27-11-9-26(10-12-27)19-7-6-18(24-25-19)23-17-3-1-2-8-22-17/h1-8,13H,9-12H2,(H,22,23,24). The van der Waals surface area contributed by atoms with Crippen LogP contribution in [0.3, 0.4) is 0 Å². The molecule has 0 aliphatic carbocycles. The number of piperazine rings is 1. The van der Waals surface area contributed by atoms with Crippen LogP contribution in [-0.2, 0) is 10.0 Å². The molecule has 11 heteroatoms. The van der Waals surface area contributed by atoms with Crippen LogP contribution < -0.4 is 10.2 Å². The van der Waals surface area contributed by atoms with Gasteiger partial charge in [0.15, 0.2) is 11.6 Å².